The van der Waals surface area contributed by atoms with Crippen LogP contribution in [-0.2, 0) is 21.4 Å². The fraction of sp³-hybridized carbons (Fsp3) is 0.125. The molecule has 0 atom stereocenters. The average molecular weight is 455 g/mol. The van der Waals surface area contributed by atoms with E-state index in [9.17, 15) is 13.2 Å². The number of aryl methyl sites for hydroxylation is 1. The molecule has 5 nitrogen and oxygen atoms in total. The maximum absolute atomic E-state index is 12.6. The summed E-state index contributed by atoms with van der Waals surface area (Å²) >= 11 is 6.03. The number of hydrogen-bond acceptors (Lipinski definition) is 3. The Hall–Kier alpha value is -3.09. The molecule has 1 amide bonds. The first-order valence-electron chi connectivity index (χ1n) is 9.61. The van der Waals surface area contributed by atoms with Gasteiger partial charge in [0.05, 0.1) is 15.6 Å². The standard InChI is InChI=1S/C24H23ClN2O3S/c1-18-7-9-20(10-8-18)17-27(2)24(28)16-13-19-11-14-21(15-12-19)31(29,30)26-23-6-4-3-5-22(23)25/h3-16,26H,17H2,1-2H3/b16-13+. The van der Waals surface area contributed by atoms with Gasteiger partial charge in [-0.05, 0) is 48.4 Å². The molecule has 160 valence electrons. The number of para-hydroxylation sites is 1. The minimum absolute atomic E-state index is 0.104. The molecule has 1 N–H and O–H groups in total. The van der Waals surface area contributed by atoms with Crippen molar-refractivity contribution in [3.63, 3.8) is 0 Å². The molecular weight excluding hydrogens is 432 g/mol. The lowest BCUT2D eigenvalue weighted by Crippen LogP contribution is -2.24. The van der Waals surface area contributed by atoms with Crippen molar-refractivity contribution in [3.8, 4) is 0 Å². The minimum atomic E-state index is -3.77. The van der Waals surface area contributed by atoms with E-state index in [4.69, 9.17) is 11.6 Å². The Morgan fingerprint density at radius 3 is 2.29 bits per heavy atom. The van der Waals surface area contributed by atoms with Crippen LogP contribution in [0.2, 0.25) is 5.02 Å². The molecule has 3 rings (SSSR count). The van der Waals surface area contributed by atoms with Gasteiger partial charge < -0.3 is 4.90 Å². The molecule has 31 heavy (non-hydrogen) atoms. The Kier molecular flexibility index (Phi) is 7.15. The highest BCUT2D eigenvalue weighted by molar-refractivity contribution is 7.92. The number of anilines is 1. The van der Waals surface area contributed by atoms with Crippen molar-refractivity contribution < 1.29 is 13.2 Å². The first-order chi connectivity index (χ1) is 14.7. The predicted molar refractivity (Wildman–Crippen MR) is 125 cm³/mol. The summed E-state index contributed by atoms with van der Waals surface area (Å²) in [5, 5.41) is 0.318. The molecule has 0 aliphatic heterocycles. The molecule has 3 aromatic carbocycles. The monoisotopic (exact) mass is 454 g/mol. The van der Waals surface area contributed by atoms with E-state index in [0.29, 0.717) is 22.8 Å². The zero-order valence-corrected chi connectivity index (χ0v) is 18.8. The highest BCUT2D eigenvalue weighted by Crippen LogP contribution is 2.24. The molecule has 0 aromatic heterocycles. The average Bonchev–Trinajstić information content (AvgIpc) is 2.75. The molecule has 0 heterocycles. The lowest BCUT2D eigenvalue weighted by molar-refractivity contribution is -0.125. The van der Waals surface area contributed by atoms with Crippen molar-refractivity contribution in [3.05, 3.63) is 101 Å². The molecule has 0 spiro atoms. The number of carbonyl (C=O) groups excluding carboxylic acids is 1. The summed E-state index contributed by atoms with van der Waals surface area (Å²) in [7, 11) is -2.03. The fourth-order valence-electron chi connectivity index (χ4n) is 2.85. The number of halogens is 1. The second-order valence-electron chi connectivity index (χ2n) is 7.17. The summed E-state index contributed by atoms with van der Waals surface area (Å²) in [5.74, 6) is -0.141. The van der Waals surface area contributed by atoms with Gasteiger partial charge in [-0.1, -0.05) is 65.7 Å². The predicted octanol–water partition coefficient (Wildman–Crippen LogP) is 5.12. The molecule has 0 unspecified atom stereocenters. The second-order valence-corrected chi connectivity index (χ2v) is 9.26. The van der Waals surface area contributed by atoms with Gasteiger partial charge in [0.2, 0.25) is 5.91 Å². The van der Waals surface area contributed by atoms with E-state index in [1.165, 1.54) is 23.8 Å². The number of hydrogen-bond donors (Lipinski definition) is 1. The van der Waals surface area contributed by atoms with E-state index < -0.39 is 10.0 Å². The summed E-state index contributed by atoms with van der Waals surface area (Å²) < 4.78 is 27.6. The van der Waals surface area contributed by atoms with Gasteiger partial charge in [0.25, 0.3) is 10.0 Å². The summed E-state index contributed by atoms with van der Waals surface area (Å²) in [5.41, 5.74) is 3.25. The van der Waals surface area contributed by atoms with Crippen molar-refractivity contribution in [2.75, 3.05) is 11.8 Å². The largest absolute Gasteiger partial charge is 0.338 e. The number of carbonyl (C=O) groups is 1. The van der Waals surface area contributed by atoms with Gasteiger partial charge in [0, 0.05) is 19.7 Å². The fourth-order valence-corrected chi connectivity index (χ4v) is 4.16. The number of nitrogens with zero attached hydrogens (tertiary/aromatic N) is 1. The Balaban J connectivity index is 1.64. The highest BCUT2D eigenvalue weighted by Gasteiger charge is 2.15. The summed E-state index contributed by atoms with van der Waals surface area (Å²) in [6.07, 6.45) is 3.13. The van der Waals surface area contributed by atoms with E-state index in [0.717, 1.165) is 5.56 Å². The van der Waals surface area contributed by atoms with E-state index in [1.54, 1.807) is 54.4 Å². The Morgan fingerprint density at radius 2 is 1.65 bits per heavy atom. The van der Waals surface area contributed by atoms with Gasteiger partial charge >= 0.3 is 0 Å². The highest BCUT2D eigenvalue weighted by atomic mass is 35.5. The van der Waals surface area contributed by atoms with E-state index in [-0.39, 0.29) is 10.8 Å². The minimum Gasteiger partial charge on any atom is -0.338 e. The Labute approximate surface area is 188 Å². The molecule has 0 bridgehead atoms. The summed E-state index contributed by atoms with van der Waals surface area (Å²) in [6.45, 7) is 2.53. The maximum Gasteiger partial charge on any atom is 0.261 e. The third kappa shape index (κ3) is 6.20. The van der Waals surface area contributed by atoms with Gasteiger partial charge in [0.15, 0.2) is 0 Å². The smallest absolute Gasteiger partial charge is 0.261 e. The van der Waals surface area contributed by atoms with Crippen LogP contribution in [-0.4, -0.2) is 26.3 Å². The number of rotatable bonds is 7. The topological polar surface area (TPSA) is 66.5 Å². The van der Waals surface area contributed by atoms with Crippen LogP contribution in [0.3, 0.4) is 0 Å². The van der Waals surface area contributed by atoms with E-state index in [2.05, 4.69) is 4.72 Å². The van der Waals surface area contributed by atoms with Gasteiger partial charge in [-0.3, -0.25) is 9.52 Å². The van der Waals surface area contributed by atoms with Crippen LogP contribution in [0.15, 0.2) is 83.8 Å². The number of sulfonamides is 1. The molecule has 0 saturated carbocycles. The third-order valence-corrected chi connectivity index (χ3v) is 6.35. The van der Waals surface area contributed by atoms with Crippen molar-refractivity contribution in [1.29, 1.82) is 0 Å². The quantitative estimate of drug-likeness (QED) is 0.504. The van der Waals surface area contributed by atoms with Crippen molar-refractivity contribution in [2.45, 2.75) is 18.4 Å². The third-order valence-electron chi connectivity index (χ3n) is 4.64. The van der Waals surface area contributed by atoms with E-state index in [1.807, 2.05) is 31.2 Å². The first kappa shape index (κ1) is 22.6. The van der Waals surface area contributed by atoms with Crippen LogP contribution < -0.4 is 4.72 Å². The number of amides is 1. The SMILES string of the molecule is Cc1ccc(CN(C)C(=O)/C=C/c2ccc(S(=O)(=O)Nc3ccccc3Cl)cc2)cc1. The molecule has 0 aliphatic carbocycles. The van der Waals surface area contributed by atoms with Crippen LogP contribution in [0, 0.1) is 6.92 Å². The van der Waals surface area contributed by atoms with Crippen LogP contribution in [0.4, 0.5) is 5.69 Å². The summed E-state index contributed by atoms with van der Waals surface area (Å²) in [6, 6.07) is 20.9. The lowest BCUT2D eigenvalue weighted by atomic mass is 10.1. The molecular formula is C24H23ClN2O3S. The number of nitrogens with one attached hydrogen (secondary N) is 1. The van der Waals surface area contributed by atoms with Gasteiger partial charge in [-0.2, -0.15) is 0 Å². The van der Waals surface area contributed by atoms with Crippen molar-refractivity contribution in [2.24, 2.45) is 0 Å². The number of likely N-dealkylation sites (N-methyl/N-ethyl adjacent to an activating group) is 1. The second kappa shape index (κ2) is 9.81. The Bertz CT molecular complexity index is 1190. The van der Waals surface area contributed by atoms with Crippen LogP contribution in [0.1, 0.15) is 16.7 Å². The van der Waals surface area contributed by atoms with E-state index >= 15 is 0 Å². The zero-order valence-electron chi connectivity index (χ0n) is 17.2. The Morgan fingerprint density at radius 1 is 1.00 bits per heavy atom. The first-order valence-corrected chi connectivity index (χ1v) is 11.5. The molecule has 0 aliphatic rings. The van der Waals surface area contributed by atoms with Gasteiger partial charge in [0.1, 0.15) is 0 Å². The normalized spacial score (nSPS) is 11.5. The maximum atomic E-state index is 12.6. The van der Waals surface area contributed by atoms with Gasteiger partial charge in [-0.25, -0.2) is 8.42 Å². The summed E-state index contributed by atoms with van der Waals surface area (Å²) in [4.78, 5) is 14.1. The van der Waals surface area contributed by atoms with Crippen LogP contribution in [0.5, 0.6) is 0 Å². The van der Waals surface area contributed by atoms with Crippen molar-refractivity contribution in [1.82, 2.24) is 4.90 Å². The number of benzene rings is 3. The van der Waals surface area contributed by atoms with Crippen LogP contribution in [0.25, 0.3) is 6.08 Å². The molecule has 3 aromatic rings. The van der Waals surface area contributed by atoms with Crippen molar-refractivity contribution >= 4 is 39.3 Å². The lowest BCUT2D eigenvalue weighted by Gasteiger charge is -2.15. The molecule has 0 fully saturated rings. The van der Waals surface area contributed by atoms with Gasteiger partial charge in [-0.15, -0.1) is 0 Å². The zero-order chi connectivity index (χ0) is 22.4. The molecule has 0 saturated heterocycles. The molecule has 7 heteroatoms. The van der Waals surface area contributed by atoms with Crippen LogP contribution >= 0.6 is 11.6 Å². The molecule has 0 radical (unpaired) electrons.